The molecule has 5 nitrogen and oxygen atoms in total. The number of hydrogen-bond donors (Lipinski definition) is 2. The zero-order valence-electron chi connectivity index (χ0n) is 11.0. The summed E-state index contributed by atoms with van der Waals surface area (Å²) in [4.78, 5) is 23.7. The lowest BCUT2D eigenvalue weighted by molar-refractivity contribution is -0.150. The molecule has 2 fully saturated rings. The molecule has 0 aromatic carbocycles. The van der Waals surface area contributed by atoms with Crippen LogP contribution in [0.5, 0.6) is 0 Å². The molecule has 5 heteroatoms. The van der Waals surface area contributed by atoms with Gasteiger partial charge in [0.15, 0.2) is 0 Å². The van der Waals surface area contributed by atoms with Crippen LogP contribution >= 0.6 is 0 Å². The summed E-state index contributed by atoms with van der Waals surface area (Å²) in [6.07, 6.45) is 5.83. The number of nitrogens with one attached hydrogen (secondary N) is 2. The van der Waals surface area contributed by atoms with Gasteiger partial charge in [0.25, 0.3) is 0 Å². The summed E-state index contributed by atoms with van der Waals surface area (Å²) < 4.78 is 4.82. The molecule has 102 valence electrons. The Morgan fingerprint density at radius 1 is 1.28 bits per heavy atom. The van der Waals surface area contributed by atoms with Gasteiger partial charge in [-0.3, -0.25) is 4.79 Å². The lowest BCUT2D eigenvalue weighted by Crippen LogP contribution is -2.55. The van der Waals surface area contributed by atoms with Crippen molar-refractivity contribution in [1.29, 1.82) is 0 Å². The van der Waals surface area contributed by atoms with Crippen LogP contribution < -0.4 is 10.6 Å². The summed E-state index contributed by atoms with van der Waals surface area (Å²) in [7, 11) is 1.37. The number of esters is 1. The molecule has 0 aromatic heterocycles. The SMILES string of the molecule is COC(=O)C1(NC(=O)CNCC2CC2)CCCC1. The third kappa shape index (κ3) is 3.22. The Morgan fingerprint density at radius 3 is 2.50 bits per heavy atom. The number of ether oxygens (including phenoxy) is 1. The van der Waals surface area contributed by atoms with E-state index in [0.29, 0.717) is 12.8 Å². The molecule has 0 spiro atoms. The molecule has 0 unspecified atom stereocenters. The molecule has 18 heavy (non-hydrogen) atoms. The van der Waals surface area contributed by atoms with Crippen molar-refractivity contribution in [1.82, 2.24) is 10.6 Å². The number of carbonyl (C=O) groups excluding carboxylic acids is 2. The van der Waals surface area contributed by atoms with Crippen LogP contribution in [0.4, 0.5) is 0 Å². The maximum atomic E-state index is 11.8. The Labute approximate surface area is 108 Å². The minimum Gasteiger partial charge on any atom is -0.467 e. The van der Waals surface area contributed by atoms with E-state index >= 15 is 0 Å². The van der Waals surface area contributed by atoms with E-state index in [1.54, 1.807) is 0 Å². The van der Waals surface area contributed by atoms with Gasteiger partial charge in [0, 0.05) is 0 Å². The van der Waals surface area contributed by atoms with Crippen molar-refractivity contribution in [2.45, 2.75) is 44.1 Å². The number of methoxy groups -OCH3 is 1. The van der Waals surface area contributed by atoms with Crippen LogP contribution in [0.1, 0.15) is 38.5 Å². The Morgan fingerprint density at radius 2 is 1.94 bits per heavy atom. The lowest BCUT2D eigenvalue weighted by atomic mass is 9.98. The fourth-order valence-electron chi connectivity index (χ4n) is 2.58. The second-order valence-corrected chi connectivity index (χ2v) is 5.40. The predicted molar refractivity (Wildman–Crippen MR) is 67.0 cm³/mol. The van der Waals surface area contributed by atoms with Crippen molar-refractivity contribution < 1.29 is 14.3 Å². The van der Waals surface area contributed by atoms with Crippen LogP contribution in [-0.2, 0) is 14.3 Å². The van der Waals surface area contributed by atoms with Crippen molar-refractivity contribution >= 4 is 11.9 Å². The number of hydrogen-bond acceptors (Lipinski definition) is 4. The van der Waals surface area contributed by atoms with Gasteiger partial charge in [-0.2, -0.15) is 0 Å². The molecule has 1 amide bonds. The third-order valence-corrected chi connectivity index (χ3v) is 3.83. The molecule has 0 aromatic rings. The summed E-state index contributed by atoms with van der Waals surface area (Å²) in [5.74, 6) is 0.331. The zero-order chi connectivity index (χ0) is 13.0. The first-order chi connectivity index (χ1) is 8.66. The van der Waals surface area contributed by atoms with Crippen molar-refractivity contribution in [2.24, 2.45) is 5.92 Å². The maximum Gasteiger partial charge on any atom is 0.331 e. The van der Waals surface area contributed by atoms with E-state index < -0.39 is 5.54 Å². The molecule has 2 aliphatic rings. The molecule has 0 saturated heterocycles. The van der Waals surface area contributed by atoms with Crippen LogP contribution in [0.25, 0.3) is 0 Å². The van der Waals surface area contributed by atoms with E-state index in [2.05, 4.69) is 10.6 Å². The molecule has 0 atom stereocenters. The van der Waals surface area contributed by atoms with Crippen LogP contribution in [-0.4, -0.2) is 37.6 Å². The molecule has 2 aliphatic carbocycles. The third-order valence-electron chi connectivity index (χ3n) is 3.83. The molecule has 2 N–H and O–H groups in total. The van der Waals surface area contributed by atoms with E-state index in [9.17, 15) is 9.59 Å². The molecule has 0 radical (unpaired) electrons. The molecular formula is C13H22N2O3. The average molecular weight is 254 g/mol. The van der Waals surface area contributed by atoms with Gasteiger partial charge < -0.3 is 15.4 Å². The first kappa shape index (κ1) is 13.3. The zero-order valence-corrected chi connectivity index (χ0v) is 11.0. The van der Waals surface area contributed by atoms with Gasteiger partial charge in [-0.15, -0.1) is 0 Å². The lowest BCUT2D eigenvalue weighted by Gasteiger charge is -2.27. The molecule has 0 heterocycles. The second-order valence-electron chi connectivity index (χ2n) is 5.40. The van der Waals surface area contributed by atoms with Gasteiger partial charge in [-0.1, -0.05) is 12.8 Å². The summed E-state index contributed by atoms with van der Waals surface area (Å²) in [5.41, 5.74) is -0.771. The van der Waals surface area contributed by atoms with Crippen molar-refractivity contribution in [3.05, 3.63) is 0 Å². The topological polar surface area (TPSA) is 67.4 Å². The summed E-state index contributed by atoms with van der Waals surface area (Å²) in [5, 5.41) is 5.99. The van der Waals surface area contributed by atoms with Gasteiger partial charge in [0.05, 0.1) is 13.7 Å². The highest BCUT2D eigenvalue weighted by atomic mass is 16.5. The molecule has 2 rings (SSSR count). The van der Waals surface area contributed by atoms with E-state index in [1.165, 1.54) is 20.0 Å². The van der Waals surface area contributed by atoms with E-state index in [1.807, 2.05) is 0 Å². The largest absolute Gasteiger partial charge is 0.467 e. The minimum atomic E-state index is -0.771. The monoisotopic (exact) mass is 254 g/mol. The van der Waals surface area contributed by atoms with E-state index in [-0.39, 0.29) is 18.4 Å². The first-order valence-corrected chi connectivity index (χ1v) is 6.76. The first-order valence-electron chi connectivity index (χ1n) is 6.76. The molecular weight excluding hydrogens is 232 g/mol. The Kier molecular flexibility index (Phi) is 4.22. The van der Waals surface area contributed by atoms with Gasteiger partial charge in [-0.05, 0) is 38.1 Å². The highest BCUT2D eigenvalue weighted by Crippen LogP contribution is 2.30. The molecule has 0 bridgehead atoms. The predicted octanol–water partition coefficient (Wildman–Crippen LogP) is 0.588. The van der Waals surface area contributed by atoms with Gasteiger partial charge in [0.2, 0.25) is 5.91 Å². The van der Waals surface area contributed by atoms with Crippen LogP contribution in [0.3, 0.4) is 0 Å². The maximum absolute atomic E-state index is 11.8. The van der Waals surface area contributed by atoms with Crippen LogP contribution in [0, 0.1) is 5.92 Å². The Balaban J connectivity index is 1.79. The average Bonchev–Trinajstić information content (AvgIpc) is 3.06. The summed E-state index contributed by atoms with van der Waals surface area (Å²) >= 11 is 0. The van der Waals surface area contributed by atoms with Gasteiger partial charge in [0.1, 0.15) is 5.54 Å². The van der Waals surface area contributed by atoms with Crippen molar-refractivity contribution in [3.8, 4) is 0 Å². The highest BCUT2D eigenvalue weighted by molar-refractivity contribution is 5.89. The Hall–Kier alpha value is -1.10. The highest BCUT2D eigenvalue weighted by Gasteiger charge is 2.43. The van der Waals surface area contributed by atoms with Crippen LogP contribution in [0.15, 0.2) is 0 Å². The number of rotatable bonds is 6. The fourth-order valence-corrected chi connectivity index (χ4v) is 2.58. The van der Waals surface area contributed by atoms with Crippen molar-refractivity contribution in [3.63, 3.8) is 0 Å². The quantitative estimate of drug-likeness (QED) is 0.681. The van der Waals surface area contributed by atoms with E-state index in [0.717, 1.165) is 25.3 Å². The van der Waals surface area contributed by atoms with Gasteiger partial charge >= 0.3 is 5.97 Å². The number of carbonyl (C=O) groups is 2. The Bertz CT molecular complexity index is 320. The van der Waals surface area contributed by atoms with E-state index in [4.69, 9.17) is 4.74 Å². The minimum absolute atomic E-state index is 0.108. The molecule has 2 saturated carbocycles. The summed E-state index contributed by atoms with van der Waals surface area (Å²) in [6, 6.07) is 0. The normalized spacial score (nSPS) is 21.6. The summed E-state index contributed by atoms with van der Waals surface area (Å²) in [6.45, 7) is 1.19. The fraction of sp³-hybridized carbons (Fsp3) is 0.846. The standard InChI is InChI=1S/C13H22N2O3/c1-18-12(17)13(6-2-3-7-13)15-11(16)9-14-8-10-4-5-10/h10,14H,2-9H2,1H3,(H,15,16). The number of amides is 1. The van der Waals surface area contributed by atoms with Crippen molar-refractivity contribution in [2.75, 3.05) is 20.2 Å². The van der Waals surface area contributed by atoms with Crippen LogP contribution in [0.2, 0.25) is 0 Å². The smallest absolute Gasteiger partial charge is 0.331 e. The second kappa shape index (κ2) is 5.69. The van der Waals surface area contributed by atoms with Gasteiger partial charge in [-0.25, -0.2) is 4.79 Å². The molecule has 0 aliphatic heterocycles.